The number of ether oxygens (including phenoxy) is 2. The fraction of sp³-hybridized carbons (Fsp3) is 0.522. The first-order valence-electron chi connectivity index (χ1n) is 31.1. The van der Waals surface area contributed by atoms with Crippen molar-refractivity contribution in [1.29, 1.82) is 15.8 Å². The van der Waals surface area contributed by atoms with Crippen LogP contribution in [0.5, 0.6) is 11.5 Å². The van der Waals surface area contributed by atoms with E-state index in [4.69, 9.17) is 26.6 Å². The molecule has 97 heavy (non-hydrogen) atoms. The summed E-state index contributed by atoms with van der Waals surface area (Å²) in [6, 6.07) is 35.1. The van der Waals surface area contributed by atoms with E-state index in [-0.39, 0.29) is 28.0 Å². The van der Waals surface area contributed by atoms with Gasteiger partial charge in [-0.3, -0.25) is 4.39 Å². The van der Waals surface area contributed by atoms with Crippen molar-refractivity contribution in [1.82, 2.24) is 5.32 Å². The van der Waals surface area contributed by atoms with Gasteiger partial charge in [-0.15, -0.1) is 3.63 Å². The van der Waals surface area contributed by atoms with Crippen LogP contribution < -0.4 is 9.50 Å². The van der Waals surface area contributed by atoms with E-state index in [1.165, 1.54) is 134 Å². The largest absolute Gasteiger partial charge is 0.534 e. The second-order valence-electron chi connectivity index (χ2n) is 22.4. The third-order valence-corrected chi connectivity index (χ3v) is 19.0. The van der Waals surface area contributed by atoms with Crippen LogP contribution in [0, 0.1) is 34.0 Å². The van der Waals surface area contributed by atoms with Gasteiger partial charge in [0.25, 0.3) is 0 Å². The molecule has 7 aliphatic rings. The molecule has 0 bridgehead atoms. The van der Waals surface area contributed by atoms with Gasteiger partial charge < -0.3 is 24.1 Å². The number of aromatic hydroxyl groups is 1. The van der Waals surface area contributed by atoms with Crippen LogP contribution in [0.3, 0.4) is 0 Å². The molecule has 540 valence electrons. The van der Waals surface area contributed by atoms with Crippen LogP contribution in [0.1, 0.15) is 199 Å². The minimum absolute atomic E-state index is 0. The average molecular weight is 1440 g/mol. The molecule has 0 amide bonds. The lowest BCUT2D eigenvalue weighted by Gasteiger charge is -2.23. The lowest BCUT2D eigenvalue weighted by atomic mass is 9.83. The van der Waals surface area contributed by atoms with E-state index in [0.717, 1.165) is 112 Å². The molecular formula is C69H90F10N4O11S3. The minimum atomic E-state index is -6.85. The fourth-order valence-corrected chi connectivity index (χ4v) is 12.7. The highest BCUT2D eigenvalue weighted by molar-refractivity contribution is 8.00. The molecule has 3 heterocycles. The number of aryl methyl sites for hydroxylation is 7. The smallest absolute Gasteiger partial charge is 0.508 e. The summed E-state index contributed by atoms with van der Waals surface area (Å²) in [5.74, 6) is 0.801. The number of benzene rings is 5. The number of nitrogens with zero attached hydrogens (tertiary/aromatic N) is 3. The van der Waals surface area contributed by atoms with Crippen molar-refractivity contribution in [2.75, 3.05) is 40.1 Å². The Morgan fingerprint density at radius 3 is 1.24 bits per heavy atom. The van der Waals surface area contributed by atoms with Crippen molar-refractivity contribution in [2.45, 2.75) is 193 Å². The zero-order valence-electron chi connectivity index (χ0n) is 53.1. The summed E-state index contributed by atoms with van der Waals surface area (Å²) < 4.78 is 198. The zero-order valence-corrected chi connectivity index (χ0v) is 54.5. The SMILES string of the molecule is C.C.C.C1CCOC1.C1CCOC1.CC1CCCc2cc(C#N)ccc21.CC1NCCc2cc(C#N)ccc21.N#Cc1ccc2c(c1)CCCC2.O=S(=O)(OS(=O)(=O)C(F)(F)F)C(F)(F)F.O=S(=O)(Oc1ccc2c(c1)CCCC2)C(F)(F)F.Oc1ccc2c(c1)CCCC2.[2H]CF. The summed E-state index contributed by atoms with van der Waals surface area (Å²) >= 11 is 0. The standard InChI is InChI=1S/C12H13N.C11H11F3O3S.C11H12N2.C11H11N.C10H12O.2C4H8O.C2F6O5S2.CH3F.3CH4/c1-9-3-2-4-11-7-10(8-13)5-6-12(9)11;12-11(13,14)18(15,16)17-10-6-5-8-3-1-2-4-9(8)7-10;1-8-11-3-2-9(7-12)6-10(11)4-5-13-8;12-8-9-5-6-10-3-1-2-4-11(10)7-9;11-10-6-5-8-3-1-2-4-9(8)7-10;2*1-2-4-5-3-1;3-1(4,5)14(9,10)13-15(11,12)2(6,7)8;1-2;;;/h5-7,9H,2-4H2,1H3;5-7H,1-4H2;2-3,6,8,13H,4-5H2,1H3;5-7H,1-4H2;5-7,11H,1-4H2;2*1-4H2;;1H3;3*1H4/i;;;;;;;;1D;;;. The molecule has 2 fully saturated rings. The number of phenolic OH excluding ortho intramolecular Hbond substituents is 1. The van der Waals surface area contributed by atoms with E-state index in [0.29, 0.717) is 17.7 Å². The number of hydrogen-bond donors (Lipinski definition) is 2. The molecule has 5 aromatic carbocycles. The number of rotatable bonds is 4. The Bertz CT molecular complexity index is 3600. The maximum absolute atomic E-state index is 12.1. The quantitative estimate of drug-likeness (QED) is 0.0965. The Kier molecular flexibility index (Phi) is 37.5. The number of hydrogen-bond acceptors (Lipinski definition) is 15. The number of nitrogens with one attached hydrogen (secondary N) is 1. The Morgan fingerprint density at radius 2 is 0.825 bits per heavy atom. The van der Waals surface area contributed by atoms with Gasteiger partial charge in [0.05, 0.1) is 43.4 Å². The lowest BCUT2D eigenvalue weighted by Crippen LogP contribution is -2.34. The summed E-state index contributed by atoms with van der Waals surface area (Å²) in [6.07, 6.45) is 23.3. The van der Waals surface area contributed by atoms with Crippen LogP contribution >= 0.6 is 0 Å². The van der Waals surface area contributed by atoms with E-state index in [2.05, 4.69) is 59.8 Å². The van der Waals surface area contributed by atoms with Crippen LogP contribution in [-0.2, 0) is 94.8 Å². The van der Waals surface area contributed by atoms with Crippen molar-refractivity contribution < 1.29 is 92.9 Å². The third kappa shape index (κ3) is 28.9. The maximum atomic E-state index is 12.1. The predicted octanol–water partition coefficient (Wildman–Crippen LogP) is 17.1. The first-order valence-corrected chi connectivity index (χ1v) is 34.6. The molecule has 0 aromatic heterocycles. The highest BCUT2D eigenvalue weighted by atomic mass is 32.3. The van der Waals surface area contributed by atoms with Crippen molar-refractivity contribution in [3.63, 3.8) is 0 Å². The van der Waals surface area contributed by atoms with E-state index < -0.39 is 54.0 Å². The monoisotopic (exact) mass is 1440 g/mol. The molecule has 4 aliphatic carbocycles. The van der Waals surface area contributed by atoms with Crippen LogP contribution in [0.25, 0.3) is 0 Å². The first-order chi connectivity index (χ1) is 44.8. The molecule has 12 rings (SSSR count). The highest BCUT2D eigenvalue weighted by Gasteiger charge is 2.57. The molecule has 0 saturated carbocycles. The second kappa shape index (κ2) is 42.2. The van der Waals surface area contributed by atoms with Crippen molar-refractivity contribution in [3.8, 4) is 29.7 Å². The predicted molar refractivity (Wildman–Crippen MR) is 353 cm³/mol. The van der Waals surface area contributed by atoms with Gasteiger partial charge >= 0.3 is 46.9 Å². The normalized spacial score (nSPS) is 17.2. The van der Waals surface area contributed by atoms with Gasteiger partial charge in [-0.05, 0) is 264 Å². The van der Waals surface area contributed by atoms with Crippen LogP contribution in [0.4, 0.5) is 43.9 Å². The minimum Gasteiger partial charge on any atom is -0.508 e. The summed E-state index contributed by atoms with van der Waals surface area (Å²) in [7, 11) is -20.3. The van der Waals surface area contributed by atoms with Gasteiger partial charge in [0.2, 0.25) is 0 Å². The van der Waals surface area contributed by atoms with Gasteiger partial charge in [-0.1, -0.05) is 59.5 Å². The van der Waals surface area contributed by atoms with Crippen LogP contribution in [-0.4, -0.2) is 87.0 Å². The third-order valence-electron chi connectivity index (χ3n) is 15.5. The average Bonchev–Trinajstić information content (AvgIpc) is 0.873. The van der Waals surface area contributed by atoms with E-state index >= 15 is 0 Å². The number of fused-ring (bicyclic) bond motifs is 5. The number of phenols is 1. The highest BCUT2D eigenvalue weighted by Crippen LogP contribution is 2.35. The van der Waals surface area contributed by atoms with E-state index in [1.807, 2.05) is 52.2 Å². The van der Waals surface area contributed by atoms with E-state index in [1.54, 1.807) is 12.1 Å². The van der Waals surface area contributed by atoms with Crippen molar-refractivity contribution >= 4 is 30.4 Å². The molecule has 2 unspecified atom stereocenters. The Balaban J connectivity index is 0.000000565. The van der Waals surface area contributed by atoms with Crippen molar-refractivity contribution in [2.24, 2.45) is 0 Å². The zero-order chi connectivity index (χ0) is 70.5. The molecular weight excluding hydrogens is 1350 g/mol. The Morgan fingerprint density at radius 1 is 0.474 bits per heavy atom. The molecule has 3 aliphatic heterocycles. The van der Waals surface area contributed by atoms with Gasteiger partial charge in [0.1, 0.15) is 11.5 Å². The van der Waals surface area contributed by atoms with Gasteiger partial charge in [0.15, 0.2) is 0 Å². The fourth-order valence-electron chi connectivity index (χ4n) is 10.6. The first kappa shape index (κ1) is 86.2. The van der Waals surface area contributed by atoms with Gasteiger partial charge in [-0.2, -0.15) is 80.6 Å². The number of alkyl halides is 10. The van der Waals surface area contributed by atoms with E-state index in [9.17, 15) is 74.3 Å². The molecule has 0 spiro atoms. The number of nitriles is 3. The summed E-state index contributed by atoms with van der Waals surface area (Å²) in [5.41, 5.74) is -2.55. The molecule has 2 N–H and O–H groups in total. The van der Waals surface area contributed by atoms with Crippen LogP contribution in [0.15, 0.2) is 91.0 Å². The molecule has 5 aromatic rings. The summed E-state index contributed by atoms with van der Waals surface area (Å²) in [5, 5.41) is 38.8. The molecule has 0 radical (unpaired) electrons. The molecule has 2 atom stereocenters. The van der Waals surface area contributed by atoms with Gasteiger partial charge in [0, 0.05) is 32.5 Å². The second-order valence-corrected chi connectivity index (χ2v) is 27.2. The summed E-state index contributed by atoms with van der Waals surface area (Å²) in [4.78, 5) is 0. The van der Waals surface area contributed by atoms with Gasteiger partial charge in [-0.25, -0.2) is 0 Å². The lowest BCUT2D eigenvalue weighted by molar-refractivity contribution is -0.0586. The topological polar surface area (TPSA) is 243 Å². The summed E-state index contributed by atoms with van der Waals surface area (Å²) in [6.45, 7) is 9.44. The Labute approximate surface area is 567 Å². The van der Waals surface area contributed by atoms with Crippen molar-refractivity contribution in [3.05, 3.63) is 163 Å². The van der Waals surface area contributed by atoms with Crippen LogP contribution in [0.2, 0.25) is 0 Å². The maximum Gasteiger partial charge on any atom is 0.534 e. The Hall–Kier alpha value is -6.84. The molecule has 15 nitrogen and oxygen atoms in total. The molecule has 28 heteroatoms. The number of halogens is 10. The molecule has 2 saturated heterocycles.